The molecule has 0 aliphatic carbocycles. The van der Waals surface area contributed by atoms with Gasteiger partial charge in [0.05, 0.1) is 12.7 Å². The van der Waals surface area contributed by atoms with E-state index in [0.29, 0.717) is 22.0 Å². The van der Waals surface area contributed by atoms with E-state index in [1.165, 1.54) is 7.11 Å². The third-order valence-electron chi connectivity index (χ3n) is 2.72. The minimum Gasteiger partial charge on any atom is -0.496 e. The molecule has 0 bridgehead atoms. The molecule has 114 valence electrons. The van der Waals surface area contributed by atoms with Crippen molar-refractivity contribution in [2.75, 3.05) is 12.4 Å². The number of rotatable bonds is 3. The van der Waals surface area contributed by atoms with E-state index in [9.17, 15) is 4.79 Å². The van der Waals surface area contributed by atoms with Gasteiger partial charge in [-0.1, -0.05) is 33.6 Å². The van der Waals surface area contributed by atoms with Crippen LogP contribution in [0.3, 0.4) is 0 Å². The first-order valence-corrected chi connectivity index (χ1v) is 7.79. The highest BCUT2D eigenvalue weighted by molar-refractivity contribution is 9.10. The standard InChI is InChI=1S/C15H12BrClN2O2S/c1-21-13-6-5-9(16)7-12(13)14(20)19-15(22)18-11-4-2-3-10(17)8-11/h2-8H,1H3,(H2,18,19,20,22). The Kier molecular flexibility index (Phi) is 5.76. The summed E-state index contributed by atoms with van der Waals surface area (Å²) in [6, 6.07) is 12.2. The van der Waals surface area contributed by atoms with Crippen LogP contribution in [0.4, 0.5) is 5.69 Å². The average Bonchev–Trinajstić information content (AvgIpc) is 2.47. The molecule has 0 atom stereocenters. The van der Waals surface area contributed by atoms with Crippen molar-refractivity contribution in [1.82, 2.24) is 5.32 Å². The molecule has 0 saturated carbocycles. The van der Waals surface area contributed by atoms with Crippen molar-refractivity contribution < 1.29 is 9.53 Å². The summed E-state index contributed by atoms with van der Waals surface area (Å²) < 4.78 is 5.94. The van der Waals surface area contributed by atoms with Crippen LogP contribution < -0.4 is 15.4 Å². The number of hydrogen-bond donors (Lipinski definition) is 2. The maximum absolute atomic E-state index is 12.3. The number of hydrogen-bond acceptors (Lipinski definition) is 3. The van der Waals surface area contributed by atoms with E-state index in [2.05, 4.69) is 26.6 Å². The molecule has 2 aromatic carbocycles. The summed E-state index contributed by atoms with van der Waals surface area (Å²) in [7, 11) is 1.50. The lowest BCUT2D eigenvalue weighted by Crippen LogP contribution is -2.34. The van der Waals surface area contributed by atoms with Gasteiger partial charge in [0, 0.05) is 15.2 Å². The minimum atomic E-state index is -0.363. The van der Waals surface area contributed by atoms with Crippen LogP contribution in [0.2, 0.25) is 5.02 Å². The molecule has 0 radical (unpaired) electrons. The SMILES string of the molecule is COc1ccc(Br)cc1C(=O)NC(=S)Nc1cccc(Cl)c1. The Labute approximate surface area is 146 Å². The number of benzene rings is 2. The predicted molar refractivity (Wildman–Crippen MR) is 95.8 cm³/mol. The van der Waals surface area contributed by atoms with Crippen molar-refractivity contribution in [1.29, 1.82) is 0 Å². The number of carbonyl (C=O) groups excluding carboxylic acids is 1. The number of carbonyl (C=O) groups is 1. The number of thiocarbonyl (C=S) groups is 1. The molecule has 0 spiro atoms. The van der Waals surface area contributed by atoms with Gasteiger partial charge in [0.15, 0.2) is 5.11 Å². The average molecular weight is 400 g/mol. The van der Waals surface area contributed by atoms with Gasteiger partial charge in [0.2, 0.25) is 0 Å². The van der Waals surface area contributed by atoms with Crippen molar-refractivity contribution in [3.05, 3.63) is 57.5 Å². The van der Waals surface area contributed by atoms with Gasteiger partial charge in [-0.15, -0.1) is 0 Å². The van der Waals surface area contributed by atoms with E-state index >= 15 is 0 Å². The number of halogens is 2. The molecule has 0 aliphatic rings. The first-order valence-electron chi connectivity index (χ1n) is 6.21. The zero-order valence-electron chi connectivity index (χ0n) is 11.5. The quantitative estimate of drug-likeness (QED) is 0.758. The highest BCUT2D eigenvalue weighted by Gasteiger charge is 2.14. The van der Waals surface area contributed by atoms with E-state index in [1.807, 2.05) is 0 Å². The number of methoxy groups -OCH3 is 1. The summed E-state index contributed by atoms with van der Waals surface area (Å²) >= 11 is 14.3. The summed E-state index contributed by atoms with van der Waals surface area (Å²) in [5.41, 5.74) is 1.08. The molecule has 0 heterocycles. The molecule has 0 fully saturated rings. The molecule has 0 unspecified atom stereocenters. The lowest BCUT2D eigenvalue weighted by Gasteiger charge is -2.12. The second kappa shape index (κ2) is 7.58. The maximum Gasteiger partial charge on any atom is 0.261 e. The Hall–Kier alpha value is -1.63. The van der Waals surface area contributed by atoms with Gasteiger partial charge in [-0.2, -0.15) is 0 Å². The van der Waals surface area contributed by atoms with Crippen molar-refractivity contribution in [2.24, 2.45) is 0 Å². The maximum atomic E-state index is 12.3. The molecule has 2 rings (SSSR count). The second-order valence-electron chi connectivity index (χ2n) is 4.26. The van der Waals surface area contributed by atoms with Crippen LogP contribution in [0.5, 0.6) is 5.75 Å². The summed E-state index contributed by atoms with van der Waals surface area (Å²) in [6.45, 7) is 0. The zero-order valence-corrected chi connectivity index (χ0v) is 14.7. The van der Waals surface area contributed by atoms with Gasteiger partial charge in [0.1, 0.15) is 5.75 Å². The molecule has 0 aromatic heterocycles. The number of amides is 1. The predicted octanol–water partition coefficient (Wildman–Crippen LogP) is 4.24. The summed E-state index contributed by atoms with van der Waals surface area (Å²) in [5, 5.41) is 6.25. The fraction of sp³-hybridized carbons (Fsp3) is 0.0667. The highest BCUT2D eigenvalue weighted by atomic mass is 79.9. The van der Waals surface area contributed by atoms with Crippen LogP contribution in [0.15, 0.2) is 46.9 Å². The Balaban J connectivity index is 2.08. The number of ether oxygens (including phenoxy) is 1. The molecule has 22 heavy (non-hydrogen) atoms. The third kappa shape index (κ3) is 4.43. The fourth-order valence-electron chi connectivity index (χ4n) is 1.76. The second-order valence-corrected chi connectivity index (χ2v) is 6.02. The first-order chi connectivity index (χ1) is 10.5. The molecule has 0 saturated heterocycles. The van der Waals surface area contributed by atoms with Gasteiger partial charge in [-0.3, -0.25) is 10.1 Å². The van der Waals surface area contributed by atoms with Crippen molar-refractivity contribution in [3.63, 3.8) is 0 Å². The Morgan fingerprint density at radius 2 is 2.05 bits per heavy atom. The molecule has 2 N–H and O–H groups in total. The summed E-state index contributed by atoms with van der Waals surface area (Å²) in [4.78, 5) is 12.3. The van der Waals surface area contributed by atoms with E-state index in [1.54, 1.807) is 42.5 Å². The molecular weight excluding hydrogens is 388 g/mol. The Bertz CT molecular complexity index is 724. The smallest absolute Gasteiger partial charge is 0.261 e. The van der Waals surface area contributed by atoms with Crippen molar-refractivity contribution >= 4 is 56.5 Å². The van der Waals surface area contributed by atoms with Crippen LogP contribution in [0.1, 0.15) is 10.4 Å². The normalized spacial score (nSPS) is 9.95. The molecule has 0 aliphatic heterocycles. The lowest BCUT2D eigenvalue weighted by molar-refractivity contribution is 0.0974. The molecule has 2 aromatic rings. The van der Waals surface area contributed by atoms with Crippen LogP contribution in [-0.2, 0) is 0 Å². The Morgan fingerprint density at radius 3 is 2.73 bits per heavy atom. The fourth-order valence-corrected chi connectivity index (χ4v) is 2.52. The largest absolute Gasteiger partial charge is 0.496 e. The Morgan fingerprint density at radius 1 is 1.27 bits per heavy atom. The molecule has 1 amide bonds. The summed E-state index contributed by atoms with van der Waals surface area (Å²) in [6.07, 6.45) is 0. The van der Waals surface area contributed by atoms with Crippen LogP contribution in [0, 0.1) is 0 Å². The zero-order chi connectivity index (χ0) is 16.1. The number of anilines is 1. The third-order valence-corrected chi connectivity index (χ3v) is 3.65. The van der Waals surface area contributed by atoms with Gasteiger partial charge in [0.25, 0.3) is 5.91 Å². The summed E-state index contributed by atoms with van der Waals surface area (Å²) in [5.74, 6) is 0.101. The van der Waals surface area contributed by atoms with E-state index in [4.69, 9.17) is 28.6 Å². The molecule has 7 heteroatoms. The lowest BCUT2D eigenvalue weighted by atomic mass is 10.2. The van der Waals surface area contributed by atoms with Gasteiger partial charge < -0.3 is 10.1 Å². The van der Waals surface area contributed by atoms with E-state index < -0.39 is 0 Å². The van der Waals surface area contributed by atoms with Crippen molar-refractivity contribution in [3.8, 4) is 5.75 Å². The van der Waals surface area contributed by atoms with E-state index in [-0.39, 0.29) is 11.0 Å². The van der Waals surface area contributed by atoms with Gasteiger partial charge in [-0.25, -0.2) is 0 Å². The van der Waals surface area contributed by atoms with E-state index in [0.717, 1.165) is 4.47 Å². The van der Waals surface area contributed by atoms with Gasteiger partial charge in [-0.05, 0) is 48.6 Å². The highest BCUT2D eigenvalue weighted by Crippen LogP contribution is 2.23. The van der Waals surface area contributed by atoms with Crippen molar-refractivity contribution in [2.45, 2.75) is 0 Å². The number of nitrogens with one attached hydrogen (secondary N) is 2. The first kappa shape index (κ1) is 16.7. The van der Waals surface area contributed by atoms with Crippen LogP contribution in [-0.4, -0.2) is 18.1 Å². The van der Waals surface area contributed by atoms with Crippen LogP contribution >= 0.6 is 39.7 Å². The van der Waals surface area contributed by atoms with Crippen LogP contribution in [0.25, 0.3) is 0 Å². The monoisotopic (exact) mass is 398 g/mol. The minimum absolute atomic E-state index is 0.175. The van der Waals surface area contributed by atoms with Gasteiger partial charge >= 0.3 is 0 Å². The topological polar surface area (TPSA) is 50.4 Å². The molecular formula is C15H12BrClN2O2S. The molecule has 4 nitrogen and oxygen atoms in total.